The topological polar surface area (TPSA) is 77.6 Å². The lowest BCUT2D eigenvalue weighted by Gasteiger charge is -2.19. The van der Waals surface area contributed by atoms with Gasteiger partial charge in [0.15, 0.2) is 6.04 Å². The first-order valence-corrected chi connectivity index (χ1v) is 8.97. The Morgan fingerprint density at radius 3 is 2.48 bits per heavy atom. The number of amides is 1. The third-order valence-electron chi connectivity index (χ3n) is 4.42. The number of rotatable bonds is 5. The number of para-hydroxylation sites is 1. The minimum atomic E-state index is -4.69. The van der Waals surface area contributed by atoms with Gasteiger partial charge in [0.2, 0.25) is 5.82 Å². The molecule has 0 saturated heterocycles. The second-order valence-corrected chi connectivity index (χ2v) is 7.00. The second-order valence-electron chi connectivity index (χ2n) is 7.00. The van der Waals surface area contributed by atoms with Crippen LogP contribution in [0.3, 0.4) is 0 Å². The van der Waals surface area contributed by atoms with E-state index in [0.717, 1.165) is 17.4 Å². The normalized spacial score (nSPS) is 13.0. The van der Waals surface area contributed by atoms with Crippen molar-refractivity contribution in [3.05, 3.63) is 59.4 Å². The van der Waals surface area contributed by atoms with Crippen LogP contribution in [0, 0.1) is 6.92 Å². The van der Waals surface area contributed by atoms with Gasteiger partial charge in [-0.3, -0.25) is 9.48 Å². The Kier molecular flexibility index (Phi) is 5.45. The molecule has 2 aromatic heterocycles. The Labute approximate surface area is 165 Å². The number of hydrogen-bond acceptors (Lipinski definition) is 4. The predicted octanol–water partition coefficient (Wildman–Crippen LogP) is 3.47. The van der Waals surface area contributed by atoms with Crippen LogP contribution in [0.5, 0.6) is 0 Å². The molecule has 0 unspecified atom stereocenters. The van der Waals surface area contributed by atoms with E-state index in [1.165, 1.54) is 22.6 Å². The summed E-state index contributed by atoms with van der Waals surface area (Å²) in [4.78, 5) is 16.6. The molecule has 0 fully saturated rings. The van der Waals surface area contributed by atoms with Crippen molar-refractivity contribution in [1.29, 1.82) is 0 Å². The fraction of sp³-hybridized carbons (Fsp3) is 0.368. The SMILES string of the molecule is Cc1nc(C(=O)N[C@@H](c2cnn(C)c2)C(F)(F)F)nn1-c1ccccc1C(C)C. The van der Waals surface area contributed by atoms with Crippen molar-refractivity contribution >= 4 is 5.91 Å². The maximum Gasteiger partial charge on any atom is 0.413 e. The number of nitrogens with one attached hydrogen (secondary N) is 1. The van der Waals surface area contributed by atoms with Gasteiger partial charge in [-0.25, -0.2) is 9.67 Å². The van der Waals surface area contributed by atoms with Crippen LogP contribution in [-0.4, -0.2) is 36.6 Å². The van der Waals surface area contributed by atoms with Crippen molar-refractivity contribution in [3.8, 4) is 5.69 Å². The zero-order chi connectivity index (χ0) is 21.3. The summed E-state index contributed by atoms with van der Waals surface area (Å²) in [7, 11) is 1.50. The van der Waals surface area contributed by atoms with Gasteiger partial charge in [0.05, 0.1) is 11.9 Å². The van der Waals surface area contributed by atoms with Gasteiger partial charge in [0, 0.05) is 18.8 Å². The van der Waals surface area contributed by atoms with E-state index in [9.17, 15) is 18.0 Å². The van der Waals surface area contributed by atoms with E-state index >= 15 is 0 Å². The van der Waals surface area contributed by atoms with E-state index in [1.807, 2.05) is 43.4 Å². The van der Waals surface area contributed by atoms with Gasteiger partial charge >= 0.3 is 6.18 Å². The Hall–Kier alpha value is -3.17. The molecule has 0 aliphatic carbocycles. The van der Waals surface area contributed by atoms with Crippen molar-refractivity contribution in [2.24, 2.45) is 7.05 Å². The summed E-state index contributed by atoms with van der Waals surface area (Å²) in [5, 5.41) is 9.88. The minimum Gasteiger partial charge on any atom is -0.334 e. The van der Waals surface area contributed by atoms with Gasteiger partial charge in [-0.15, -0.1) is 5.10 Å². The molecule has 0 radical (unpaired) electrons. The van der Waals surface area contributed by atoms with E-state index in [-0.39, 0.29) is 17.3 Å². The molecular formula is C19H21F3N6O. The minimum absolute atomic E-state index is 0.172. The number of carbonyl (C=O) groups is 1. The first kappa shape index (κ1) is 20.6. The second kappa shape index (κ2) is 7.69. The Bertz CT molecular complexity index is 1020. The van der Waals surface area contributed by atoms with Crippen molar-refractivity contribution in [3.63, 3.8) is 0 Å². The molecule has 0 bridgehead atoms. The van der Waals surface area contributed by atoms with E-state index in [0.29, 0.717) is 5.82 Å². The third kappa shape index (κ3) is 4.30. The molecular weight excluding hydrogens is 385 g/mol. The summed E-state index contributed by atoms with van der Waals surface area (Å²) in [5.74, 6) is -0.764. The van der Waals surface area contributed by atoms with Crippen LogP contribution in [-0.2, 0) is 7.05 Å². The van der Waals surface area contributed by atoms with Crippen LogP contribution in [0.2, 0.25) is 0 Å². The predicted molar refractivity (Wildman–Crippen MR) is 99.7 cm³/mol. The number of aryl methyl sites for hydroxylation is 2. The zero-order valence-electron chi connectivity index (χ0n) is 16.4. The summed E-state index contributed by atoms with van der Waals surface area (Å²) in [6, 6.07) is 5.26. The van der Waals surface area contributed by atoms with E-state index in [4.69, 9.17) is 0 Å². The first-order chi connectivity index (χ1) is 13.6. The number of aromatic nitrogens is 5. The van der Waals surface area contributed by atoms with Crippen molar-refractivity contribution in [1.82, 2.24) is 29.9 Å². The van der Waals surface area contributed by atoms with Crippen molar-refractivity contribution in [2.75, 3.05) is 0 Å². The van der Waals surface area contributed by atoms with Gasteiger partial charge in [-0.2, -0.15) is 18.3 Å². The molecule has 1 atom stereocenters. The summed E-state index contributed by atoms with van der Waals surface area (Å²) in [5.41, 5.74) is 1.54. The van der Waals surface area contributed by atoms with Crippen LogP contribution < -0.4 is 5.32 Å². The van der Waals surface area contributed by atoms with Gasteiger partial charge in [-0.1, -0.05) is 32.0 Å². The molecule has 0 aliphatic rings. The molecule has 3 rings (SSSR count). The smallest absolute Gasteiger partial charge is 0.334 e. The first-order valence-electron chi connectivity index (χ1n) is 8.97. The van der Waals surface area contributed by atoms with Crippen LogP contribution in [0.4, 0.5) is 13.2 Å². The van der Waals surface area contributed by atoms with Gasteiger partial charge in [0.1, 0.15) is 5.82 Å². The number of hydrogen-bond donors (Lipinski definition) is 1. The number of alkyl halides is 3. The lowest BCUT2D eigenvalue weighted by atomic mass is 10.0. The lowest BCUT2D eigenvalue weighted by molar-refractivity contribution is -0.155. The van der Waals surface area contributed by atoms with Crippen LogP contribution >= 0.6 is 0 Å². The molecule has 1 N–H and O–H groups in total. The highest BCUT2D eigenvalue weighted by atomic mass is 19.4. The van der Waals surface area contributed by atoms with Crippen LogP contribution in [0.15, 0.2) is 36.7 Å². The fourth-order valence-electron chi connectivity index (χ4n) is 3.02. The molecule has 3 aromatic rings. The molecule has 1 aromatic carbocycles. The molecule has 0 aliphatic heterocycles. The van der Waals surface area contributed by atoms with Gasteiger partial charge in [0.25, 0.3) is 5.91 Å². The fourth-order valence-corrected chi connectivity index (χ4v) is 3.02. The Morgan fingerprint density at radius 2 is 1.90 bits per heavy atom. The van der Waals surface area contributed by atoms with E-state index in [1.54, 1.807) is 6.92 Å². The highest BCUT2D eigenvalue weighted by Gasteiger charge is 2.43. The van der Waals surface area contributed by atoms with E-state index < -0.39 is 18.1 Å². The number of carbonyl (C=O) groups excluding carboxylic acids is 1. The largest absolute Gasteiger partial charge is 0.413 e. The Balaban J connectivity index is 1.92. The standard InChI is InChI=1S/C19H21F3N6O/c1-11(2)14-7-5-6-8-15(14)28-12(3)24-17(26-28)18(29)25-16(19(20,21)22)13-9-23-27(4)10-13/h5-11,16H,1-4H3,(H,25,29)/t16-/m0/s1. The molecule has 10 heteroatoms. The molecule has 7 nitrogen and oxygen atoms in total. The molecule has 0 saturated carbocycles. The number of halogens is 3. The molecule has 1 amide bonds. The quantitative estimate of drug-likeness (QED) is 0.704. The Morgan fingerprint density at radius 1 is 1.21 bits per heavy atom. The van der Waals surface area contributed by atoms with Crippen molar-refractivity contribution in [2.45, 2.75) is 38.9 Å². The highest BCUT2D eigenvalue weighted by molar-refractivity contribution is 5.90. The maximum atomic E-state index is 13.5. The highest BCUT2D eigenvalue weighted by Crippen LogP contribution is 2.32. The number of nitrogens with zero attached hydrogens (tertiary/aromatic N) is 5. The molecule has 2 heterocycles. The summed E-state index contributed by atoms with van der Waals surface area (Å²) >= 11 is 0. The van der Waals surface area contributed by atoms with Gasteiger partial charge < -0.3 is 5.32 Å². The zero-order valence-corrected chi connectivity index (χ0v) is 16.4. The molecule has 0 spiro atoms. The summed E-state index contributed by atoms with van der Waals surface area (Å²) in [6.07, 6.45) is -2.43. The van der Waals surface area contributed by atoms with Crippen molar-refractivity contribution < 1.29 is 18.0 Å². The third-order valence-corrected chi connectivity index (χ3v) is 4.42. The average Bonchev–Trinajstić information content (AvgIpc) is 3.24. The molecule has 154 valence electrons. The van der Waals surface area contributed by atoms with Gasteiger partial charge in [-0.05, 0) is 24.5 Å². The van der Waals surface area contributed by atoms with E-state index in [2.05, 4.69) is 15.2 Å². The summed E-state index contributed by atoms with van der Waals surface area (Å²) in [6.45, 7) is 5.67. The monoisotopic (exact) mass is 406 g/mol. The molecule has 29 heavy (non-hydrogen) atoms. The summed E-state index contributed by atoms with van der Waals surface area (Å²) < 4.78 is 43.2. The van der Waals surface area contributed by atoms with Crippen LogP contribution in [0.1, 0.15) is 53.4 Å². The lowest BCUT2D eigenvalue weighted by Crippen LogP contribution is -2.38. The van der Waals surface area contributed by atoms with Crippen LogP contribution in [0.25, 0.3) is 5.69 Å². The maximum absolute atomic E-state index is 13.5. The average molecular weight is 406 g/mol. The number of benzene rings is 1.